The molecule has 134 valence electrons. The molecule has 0 heterocycles. The number of rotatable bonds is 6. The van der Waals surface area contributed by atoms with Crippen LogP contribution in [0.5, 0.6) is 0 Å². The van der Waals surface area contributed by atoms with Gasteiger partial charge in [0, 0.05) is 11.6 Å². The Morgan fingerprint density at radius 1 is 1.04 bits per heavy atom. The van der Waals surface area contributed by atoms with Gasteiger partial charge >= 0.3 is 6.18 Å². The molecule has 1 aliphatic rings. The molecular weight excluding hydrogens is 316 g/mol. The van der Waals surface area contributed by atoms with E-state index >= 15 is 0 Å². The van der Waals surface area contributed by atoms with E-state index in [9.17, 15) is 17.6 Å². The molecule has 1 aliphatic carbocycles. The zero-order valence-corrected chi connectivity index (χ0v) is 14.2. The Balaban J connectivity index is 1.84. The van der Waals surface area contributed by atoms with Crippen molar-refractivity contribution in [2.75, 3.05) is 0 Å². The maximum absolute atomic E-state index is 13.9. The third-order valence-corrected chi connectivity index (χ3v) is 5.02. The van der Waals surface area contributed by atoms with Gasteiger partial charge in [0.15, 0.2) is 0 Å². The lowest BCUT2D eigenvalue weighted by atomic mass is 9.78. The van der Waals surface area contributed by atoms with Crippen LogP contribution in [-0.2, 0) is 6.42 Å². The highest BCUT2D eigenvalue weighted by Crippen LogP contribution is 2.34. The number of halogens is 4. The highest BCUT2D eigenvalue weighted by molar-refractivity contribution is 5.51. The van der Waals surface area contributed by atoms with Gasteiger partial charge in [-0.15, -0.1) is 0 Å². The van der Waals surface area contributed by atoms with Crippen molar-refractivity contribution in [2.45, 2.75) is 64.5 Å². The minimum Gasteiger partial charge on any atom is -0.206 e. The third kappa shape index (κ3) is 6.29. The molecule has 1 saturated carbocycles. The Kier molecular flexibility index (Phi) is 6.88. The molecule has 4 heteroatoms. The number of benzene rings is 1. The summed E-state index contributed by atoms with van der Waals surface area (Å²) in [4.78, 5) is 0. The molecule has 0 aliphatic heterocycles. The van der Waals surface area contributed by atoms with Gasteiger partial charge in [-0.1, -0.05) is 57.6 Å². The summed E-state index contributed by atoms with van der Waals surface area (Å²) < 4.78 is 50.3. The van der Waals surface area contributed by atoms with Crippen LogP contribution in [0.25, 0.3) is 6.08 Å². The Hall–Kier alpha value is -1.32. The zero-order valence-electron chi connectivity index (χ0n) is 14.2. The average Bonchev–Trinajstić information content (AvgIpc) is 2.53. The van der Waals surface area contributed by atoms with E-state index < -0.39 is 12.0 Å². The Morgan fingerprint density at radius 2 is 1.67 bits per heavy atom. The molecule has 0 spiro atoms. The SMILES string of the molecule is CCCC1CCC(CCc2ccc(/C=C/C(F)(F)F)c(F)c2)CC1. The molecule has 0 aromatic heterocycles. The summed E-state index contributed by atoms with van der Waals surface area (Å²) in [5.41, 5.74) is 0.850. The fraction of sp³-hybridized carbons (Fsp3) is 0.600. The molecule has 0 unspecified atom stereocenters. The molecule has 0 radical (unpaired) electrons. The predicted molar refractivity (Wildman–Crippen MR) is 90.2 cm³/mol. The lowest BCUT2D eigenvalue weighted by molar-refractivity contribution is -0.0790. The van der Waals surface area contributed by atoms with Gasteiger partial charge in [0.25, 0.3) is 0 Å². The second-order valence-electron chi connectivity index (χ2n) is 6.94. The number of allylic oxidation sites excluding steroid dienone is 1. The largest absolute Gasteiger partial charge is 0.409 e. The smallest absolute Gasteiger partial charge is 0.206 e. The first-order chi connectivity index (χ1) is 11.4. The van der Waals surface area contributed by atoms with Crippen LogP contribution >= 0.6 is 0 Å². The van der Waals surface area contributed by atoms with Crippen molar-refractivity contribution < 1.29 is 17.6 Å². The average molecular weight is 342 g/mol. The monoisotopic (exact) mass is 342 g/mol. The van der Waals surface area contributed by atoms with E-state index in [1.807, 2.05) is 0 Å². The first kappa shape index (κ1) is 19.0. The van der Waals surface area contributed by atoms with Gasteiger partial charge in [0.05, 0.1) is 0 Å². The van der Waals surface area contributed by atoms with Gasteiger partial charge in [-0.3, -0.25) is 0 Å². The van der Waals surface area contributed by atoms with E-state index in [4.69, 9.17) is 0 Å². The normalized spacial score (nSPS) is 22.2. The standard InChI is InChI=1S/C20H26F4/c1-2-3-15-4-6-16(7-5-15)8-9-17-10-11-18(19(21)14-17)12-13-20(22,23)24/h10-16H,2-9H2,1H3/b13-12+. The van der Waals surface area contributed by atoms with E-state index in [0.29, 0.717) is 5.92 Å². The van der Waals surface area contributed by atoms with E-state index in [1.54, 1.807) is 6.07 Å². The predicted octanol–water partition coefficient (Wildman–Crippen LogP) is 6.94. The minimum atomic E-state index is -4.41. The number of alkyl halides is 3. The maximum atomic E-state index is 13.9. The van der Waals surface area contributed by atoms with Crippen molar-refractivity contribution >= 4 is 6.08 Å². The lowest BCUT2D eigenvalue weighted by Crippen LogP contribution is -2.15. The summed E-state index contributed by atoms with van der Waals surface area (Å²) in [6.45, 7) is 2.23. The molecule has 2 rings (SSSR count). The molecule has 0 bridgehead atoms. The highest BCUT2D eigenvalue weighted by atomic mass is 19.4. The van der Waals surface area contributed by atoms with Crippen LogP contribution < -0.4 is 0 Å². The summed E-state index contributed by atoms with van der Waals surface area (Å²) in [5, 5.41) is 0. The summed E-state index contributed by atoms with van der Waals surface area (Å²) in [5.74, 6) is 0.994. The molecule has 0 nitrogen and oxygen atoms in total. The van der Waals surface area contributed by atoms with Gasteiger partial charge in [-0.2, -0.15) is 13.2 Å². The van der Waals surface area contributed by atoms with Crippen molar-refractivity contribution in [3.63, 3.8) is 0 Å². The first-order valence-electron chi connectivity index (χ1n) is 8.91. The Bertz CT molecular complexity index is 537. The zero-order chi connectivity index (χ0) is 17.6. The number of aryl methyl sites for hydroxylation is 1. The maximum Gasteiger partial charge on any atom is 0.409 e. The molecule has 0 N–H and O–H groups in total. The third-order valence-electron chi connectivity index (χ3n) is 5.02. The van der Waals surface area contributed by atoms with E-state index in [-0.39, 0.29) is 11.6 Å². The second kappa shape index (κ2) is 8.68. The molecule has 1 aromatic carbocycles. The van der Waals surface area contributed by atoms with Crippen LogP contribution in [0.2, 0.25) is 0 Å². The topological polar surface area (TPSA) is 0 Å². The second-order valence-corrected chi connectivity index (χ2v) is 6.94. The Morgan fingerprint density at radius 3 is 2.21 bits per heavy atom. The first-order valence-corrected chi connectivity index (χ1v) is 8.91. The molecule has 1 fully saturated rings. The molecule has 0 atom stereocenters. The van der Waals surface area contributed by atoms with Crippen molar-refractivity contribution in [1.29, 1.82) is 0 Å². The van der Waals surface area contributed by atoms with E-state index in [2.05, 4.69) is 6.92 Å². The molecule has 1 aromatic rings. The summed E-state index contributed by atoms with van der Waals surface area (Å²) >= 11 is 0. The van der Waals surface area contributed by atoms with Gasteiger partial charge in [0.2, 0.25) is 0 Å². The van der Waals surface area contributed by atoms with Crippen LogP contribution in [0.4, 0.5) is 17.6 Å². The van der Waals surface area contributed by atoms with Crippen LogP contribution in [0.3, 0.4) is 0 Å². The summed E-state index contributed by atoms with van der Waals surface area (Å²) in [6.07, 6.45) is 5.95. The van der Waals surface area contributed by atoms with Crippen molar-refractivity contribution in [1.82, 2.24) is 0 Å². The molecular formula is C20H26F4. The van der Waals surface area contributed by atoms with Gasteiger partial charge in [-0.25, -0.2) is 4.39 Å². The Labute approximate surface area is 142 Å². The van der Waals surface area contributed by atoms with Gasteiger partial charge in [-0.05, 0) is 42.4 Å². The summed E-state index contributed by atoms with van der Waals surface area (Å²) in [6, 6.07) is 4.55. The van der Waals surface area contributed by atoms with Crippen molar-refractivity contribution in [2.24, 2.45) is 11.8 Å². The summed E-state index contributed by atoms with van der Waals surface area (Å²) in [7, 11) is 0. The molecule has 0 amide bonds. The lowest BCUT2D eigenvalue weighted by Gasteiger charge is -2.28. The van der Waals surface area contributed by atoms with Crippen molar-refractivity contribution in [3.05, 3.63) is 41.2 Å². The highest BCUT2D eigenvalue weighted by Gasteiger charge is 2.22. The fourth-order valence-electron chi connectivity index (χ4n) is 3.63. The van der Waals surface area contributed by atoms with E-state index in [0.717, 1.165) is 30.4 Å². The number of hydrogen-bond donors (Lipinski definition) is 0. The number of hydrogen-bond acceptors (Lipinski definition) is 0. The quantitative estimate of drug-likeness (QED) is 0.491. The minimum absolute atomic E-state index is 0.0175. The molecule has 0 saturated heterocycles. The van der Waals surface area contributed by atoms with Gasteiger partial charge < -0.3 is 0 Å². The van der Waals surface area contributed by atoms with Crippen LogP contribution in [0.15, 0.2) is 24.3 Å². The van der Waals surface area contributed by atoms with Gasteiger partial charge in [0.1, 0.15) is 5.82 Å². The molecule has 24 heavy (non-hydrogen) atoms. The van der Waals surface area contributed by atoms with Crippen LogP contribution in [-0.4, -0.2) is 6.18 Å². The van der Waals surface area contributed by atoms with Crippen LogP contribution in [0.1, 0.15) is 63.0 Å². The van der Waals surface area contributed by atoms with Crippen LogP contribution in [0, 0.1) is 17.7 Å². The fourth-order valence-corrected chi connectivity index (χ4v) is 3.63. The van der Waals surface area contributed by atoms with E-state index in [1.165, 1.54) is 50.7 Å². The van der Waals surface area contributed by atoms with Crippen molar-refractivity contribution in [3.8, 4) is 0 Å².